The summed E-state index contributed by atoms with van der Waals surface area (Å²) in [5, 5.41) is 7.41. The van der Waals surface area contributed by atoms with Crippen molar-refractivity contribution in [3.63, 3.8) is 0 Å². The first-order chi connectivity index (χ1) is 9.33. The van der Waals surface area contributed by atoms with Gasteiger partial charge in [-0.05, 0) is 29.0 Å². The molecule has 3 aromatic heterocycles. The van der Waals surface area contributed by atoms with Crippen LogP contribution in [0, 0.1) is 0 Å². The van der Waals surface area contributed by atoms with Crippen molar-refractivity contribution in [2.24, 2.45) is 0 Å². The third-order valence-corrected chi connectivity index (χ3v) is 4.67. The maximum absolute atomic E-state index is 12.3. The molecule has 4 aromatic rings. The van der Waals surface area contributed by atoms with Gasteiger partial charge in [0.15, 0.2) is 0 Å². The van der Waals surface area contributed by atoms with Crippen LogP contribution in [0.15, 0.2) is 46.1 Å². The van der Waals surface area contributed by atoms with E-state index in [4.69, 9.17) is 0 Å². The molecular weight excluding hydrogens is 278 g/mol. The smallest absolute Gasteiger partial charge is 0.266 e. The van der Waals surface area contributed by atoms with Gasteiger partial charge in [-0.15, -0.1) is 22.7 Å². The Morgan fingerprint density at radius 1 is 1.16 bits per heavy atom. The highest BCUT2D eigenvalue weighted by atomic mass is 32.1. The van der Waals surface area contributed by atoms with E-state index in [0.29, 0.717) is 10.2 Å². The lowest BCUT2D eigenvalue weighted by atomic mass is 10.2. The molecule has 4 rings (SSSR count). The van der Waals surface area contributed by atoms with Gasteiger partial charge in [0.1, 0.15) is 10.2 Å². The minimum atomic E-state index is -0.115. The maximum Gasteiger partial charge on any atom is 0.291 e. The van der Waals surface area contributed by atoms with Crippen molar-refractivity contribution < 1.29 is 0 Å². The van der Waals surface area contributed by atoms with Crippen molar-refractivity contribution in [2.45, 2.75) is 0 Å². The van der Waals surface area contributed by atoms with Crippen molar-refractivity contribution >= 4 is 43.0 Å². The van der Waals surface area contributed by atoms with E-state index in [1.54, 1.807) is 23.0 Å². The standard InChI is InChI=1S/C13H7N3OS2/c17-13-12-10(14-7-19-12)6-15-16(13)9-2-1-8-3-4-18-11(8)5-9/h1-7H. The Morgan fingerprint density at radius 3 is 3.05 bits per heavy atom. The maximum atomic E-state index is 12.3. The molecule has 0 N–H and O–H groups in total. The molecule has 6 heteroatoms. The lowest BCUT2D eigenvalue weighted by Gasteiger charge is -2.03. The van der Waals surface area contributed by atoms with Gasteiger partial charge >= 0.3 is 0 Å². The molecule has 19 heavy (non-hydrogen) atoms. The van der Waals surface area contributed by atoms with Gasteiger partial charge in [0, 0.05) is 4.70 Å². The molecule has 3 heterocycles. The van der Waals surface area contributed by atoms with Crippen LogP contribution in [-0.4, -0.2) is 14.8 Å². The molecule has 4 nitrogen and oxygen atoms in total. The van der Waals surface area contributed by atoms with Crippen LogP contribution in [-0.2, 0) is 0 Å². The van der Waals surface area contributed by atoms with E-state index < -0.39 is 0 Å². The molecule has 0 aliphatic heterocycles. The number of rotatable bonds is 1. The van der Waals surface area contributed by atoms with Crippen molar-refractivity contribution in [3.8, 4) is 5.69 Å². The minimum Gasteiger partial charge on any atom is -0.266 e. The van der Waals surface area contributed by atoms with Crippen LogP contribution < -0.4 is 5.56 Å². The molecule has 1 aromatic carbocycles. The van der Waals surface area contributed by atoms with E-state index in [2.05, 4.69) is 16.1 Å². The predicted molar refractivity (Wildman–Crippen MR) is 78.4 cm³/mol. The van der Waals surface area contributed by atoms with Gasteiger partial charge in [0.2, 0.25) is 0 Å². The zero-order valence-electron chi connectivity index (χ0n) is 9.61. The number of benzene rings is 1. The highest BCUT2D eigenvalue weighted by molar-refractivity contribution is 7.17. The van der Waals surface area contributed by atoms with Crippen LogP contribution in [0.25, 0.3) is 26.0 Å². The fraction of sp³-hybridized carbons (Fsp3) is 0. The van der Waals surface area contributed by atoms with Crippen LogP contribution >= 0.6 is 22.7 Å². The summed E-state index contributed by atoms with van der Waals surface area (Å²) in [6, 6.07) is 7.97. The molecule has 0 atom stereocenters. The Morgan fingerprint density at radius 2 is 2.11 bits per heavy atom. The second-order valence-electron chi connectivity index (χ2n) is 4.07. The number of fused-ring (bicyclic) bond motifs is 2. The molecule has 0 amide bonds. The predicted octanol–water partition coefficient (Wildman–Crippen LogP) is 3.06. The first-order valence-corrected chi connectivity index (χ1v) is 7.38. The first-order valence-electron chi connectivity index (χ1n) is 5.62. The largest absolute Gasteiger partial charge is 0.291 e. The molecule has 0 aliphatic rings. The summed E-state index contributed by atoms with van der Waals surface area (Å²) >= 11 is 3.00. The number of thiazole rings is 1. The quantitative estimate of drug-likeness (QED) is 0.540. The fourth-order valence-corrected chi connectivity index (χ4v) is 3.53. The Balaban J connectivity index is 2.02. The molecule has 0 fully saturated rings. The van der Waals surface area contributed by atoms with Gasteiger partial charge < -0.3 is 0 Å². The molecule has 92 valence electrons. The van der Waals surface area contributed by atoms with E-state index in [0.717, 1.165) is 10.4 Å². The zero-order valence-corrected chi connectivity index (χ0v) is 11.2. The van der Waals surface area contributed by atoms with E-state index >= 15 is 0 Å². The van der Waals surface area contributed by atoms with Crippen LogP contribution in [0.1, 0.15) is 0 Å². The third-order valence-electron chi connectivity index (χ3n) is 2.96. The number of hydrogen-bond acceptors (Lipinski definition) is 5. The SMILES string of the molecule is O=c1c2scnc2cnn1-c1ccc2ccsc2c1. The summed E-state index contributed by atoms with van der Waals surface area (Å²) in [6.45, 7) is 0. The Hall–Kier alpha value is -2.05. The third kappa shape index (κ3) is 1.61. The van der Waals surface area contributed by atoms with Crippen LogP contribution in [0.2, 0.25) is 0 Å². The van der Waals surface area contributed by atoms with Crippen molar-refractivity contribution in [3.05, 3.63) is 51.7 Å². The topological polar surface area (TPSA) is 47.8 Å². The molecular formula is C13H7N3OS2. The lowest BCUT2D eigenvalue weighted by molar-refractivity contribution is 0.823. The van der Waals surface area contributed by atoms with Crippen LogP contribution in [0.4, 0.5) is 0 Å². The summed E-state index contributed by atoms with van der Waals surface area (Å²) in [7, 11) is 0. The monoisotopic (exact) mass is 285 g/mol. The highest BCUT2D eigenvalue weighted by Gasteiger charge is 2.08. The Bertz CT molecular complexity index is 951. The number of aromatic nitrogens is 3. The van der Waals surface area contributed by atoms with E-state index in [1.807, 2.05) is 23.6 Å². The van der Waals surface area contributed by atoms with Crippen LogP contribution in [0.5, 0.6) is 0 Å². The average molecular weight is 285 g/mol. The minimum absolute atomic E-state index is 0.115. The Kier molecular flexibility index (Phi) is 2.27. The number of hydrogen-bond donors (Lipinski definition) is 0. The molecule has 0 bridgehead atoms. The van der Waals surface area contributed by atoms with Crippen molar-refractivity contribution in [1.29, 1.82) is 0 Å². The van der Waals surface area contributed by atoms with Gasteiger partial charge in [-0.25, -0.2) is 4.98 Å². The Labute approximate surface area is 115 Å². The van der Waals surface area contributed by atoms with Crippen molar-refractivity contribution in [2.75, 3.05) is 0 Å². The number of nitrogens with zero attached hydrogens (tertiary/aromatic N) is 3. The van der Waals surface area contributed by atoms with Gasteiger partial charge in [0.05, 0.1) is 17.4 Å². The molecule has 0 aliphatic carbocycles. The lowest BCUT2D eigenvalue weighted by Crippen LogP contribution is -2.19. The van der Waals surface area contributed by atoms with E-state index in [-0.39, 0.29) is 5.56 Å². The van der Waals surface area contributed by atoms with Gasteiger partial charge in [-0.2, -0.15) is 9.78 Å². The summed E-state index contributed by atoms with van der Waals surface area (Å²) in [4.78, 5) is 16.4. The van der Waals surface area contributed by atoms with Crippen molar-refractivity contribution in [1.82, 2.24) is 14.8 Å². The summed E-state index contributed by atoms with van der Waals surface area (Å²) in [6.07, 6.45) is 1.63. The molecule has 0 saturated carbocycles. The van der Waals surface area contributed by atoms with E-state index in [1.165, 1.54) is 21.4 Å². The fourth-order valence-electron chi connectivity index (χ4n) is 2.03. The summed E-state index contributed by atoms with van der Waals surface area (Å²) in [5.74, 6) is 0. The summed E-state index contributed by atoms with van der Waals surface area (Å²) < 4.78 is 3.22. The second-order valence-corrected chi connectivity index (χ2v) is 5.87. The van der Waals surface area contributed by atoms with Crippen LogP contribution in [0.3, 0.4) is 0 Å². The zero-order chi connectivity index (χ0) is 12.8. The molecule has 0 radical (unpaired) electrons. The van der Waals surface area contributed by atoms with E-state index in [9.17, 15) is 4.79 Å². The van der Waals surface area contributed by atoms with Gasteiger partial charge in [-0.1, -0.05) is 6.07 Å². The number of thiophene rings is 1. The van der Waals surface area contributed by atoms with Gasteiger partial charge in [0.25, 0.3) is 5.56 Å². The first kappa shape index (κ1) is 10.8. The molecule has 0 unspecified atom stereocenters. The van der Waals surface area contributed by atoms with Gasteiger partial charge in [-0.3, -0.25) is 4.79 Å². The molecule has 0 spiro atoms. The highest BCUT2D eigenvalue weighted by Crippen LogP contribution is 2.23. The summed E-state index contributed by atoms with van der Waals surface area (Å²) in [5.41, 5.74) is 3.00. The second kappa shape index (κ2) is 3.97. The normalized spacial score (nSPS) is 11.4. The average Bonchev–Trinajstić information content (AvgIpc) is 3.07. The molecule has 0 saturated heterocycles.